The van der Waals surface area contributed by atoms with Crippen LogP contribution in [0.25, 0.3) is 17.0 Å². The van der Waals surface area contributed by atoms with Crippen molar-refractivity contribution in [3.8, 4) is 5.75 Å². The van der Waals surface area contributed by atoms with Crippen LogP contribution in [0.4, 0.5) is 11.4 Å². The molecule has 0 bridgehead atoms. The van der Waals surface area contributed by atoms with Crippen molar-refractivity contribution in [3.63, 3.8) is 0 Å². The van der Waals surface area contributed by atoms with Crippen LogP contribution in [0.2, 0.25) is 10.0 Å². The van der Waals surface area contributed by atoms with Crippen LogP contribution in [0.15, 0.2) is 72.8 Å². The van der Waals surface area contributed by atoms with Crippen molar-refractivity contribution in [2.24, 2.45) is 0 Å². The SMILES string of the molecule is CC(=O)Nc1ccc(C=CC(=O)NCC(=O)N(C)c2ccc(Cl)c(COc3cccc4ccc(C)nc34)c2Cl)cc1. The van der Waals surface area contributed by atoms with Gasteiger partial charge < -0.3 is 20.3 Å². The number of nitrogens with zero attached hydrogens (tertiary/aromatic N) is 2. The highest BCUT2D eigenvalue weighted by Crippen LogP contribution is 2.35. The minimum atomic E-state index is -0.437. The number of para-hydroxylation sites is 1. The van der Waals surface area contributed by atoms with Crippen LogP contribution in [-0.4, -0.2) is 36.3 Å². The van der Waals surface area contributed by atoms with Crippen LogP contribution >= 0.6 is 23.2 Å². The van der Waals surface area contributed by atoms with Gasteiger partial charge in [-0.2, -0.15) is 0 Å². The Morgan fingerprint density at radius 1 is 1.00 bits per heavy atom. The number of aromatic nitrogens is 1. The number of hydrogen-bond donors (Lipinski definition) is 2. The van der Waals surface area contributed by atoms with Crippen LogP contribution in [0.3, 0.4) is 0 Å². The molecule has 0 aliphatic rings. The molecule has 1 aromatic heterocycles. The van der Waals surface area contributed by atoms with Crippen LogP contribution in [0, 0.1) is 6.92 Å². The lowest BCUT2D eigenvalue weighted by molar-refractivity contribution is -0.122. The molecule has 2 N–H and O–H groups in total. The second kappa shape index (κ2) is 13.3. The maximum Gasteiger partial charge on any atom is 0.246 e. The van der Waals surface area contributed by atoms with Crippen LogP contribution in [0.5, 0.6) is 5.75 Å². The first-order chi connectivity index (χ1) is 19.6. The molecule has 3 amide bonds. The molecule has 3 aromatic carbocycles. The normalized spacial score (nSPS) is 11.0. The summed E-state index contributed by atoms with van der Waals surface area (Å²) in [7, 11) is 1.57. The van der Waals surface area contributed by atoms with E-state index in [-0.39, 0.29) is 30.0 Å². The number of anilines is 2. The van der Waals surface area contributed by atoms with Crippen molar-refractivity contribution in [1.29, 1.82) is 0 Å². The van der Waals surface area contributed by atoms with Gasteiger partial charge in [0, 0.05) is 47.4 Å². The highest BCUT2D eigenvalue weighted by molar-refractivity contribution is 6.38. The summed E-state index contributed by atoms with van der Waals surface area (Å²) in [5, 5.41) is 6.87. The third kappa shape index (κ3) is 7.63. The van der Waals surface area contributed by atoms with Crippen molar-refractivity contribution >= 4 is 69.3 Å². The van der Waals surface area contributed by atoms with Gasteiger partial charge in [-0.05, 0) is 55.0 Å². The van der Waals surface area contributed by atoms with Crippen molar-refractivity contribution in [2.45, 2.75) is 20.5 Å². The minimum absolute atomic E-state index is 0.0651. The topological polar surface area (TPSA) is 101 Å². The summed E-state index contributed by atoms with van der Waals surface area (Å²) < 4.78 is 6.06. The molecule has 0 spiro atoms. The number of likely N-dealkylation sites (N-methyl/N-ethyl adjacent to an activating group) is 1. The first kappa shape index (κ1) is 29.6. The van der Waals surface area contributed by atoms with Crippen LogP contribution in [0.1, 0.15) is 23.7 Å². The van der Waals surface area contributed by atoms with Crippen molar-refractivity contribution < 1.29 is 19.1 Å². The predicted molar refractivity (Wildman–Crippen MR) is 163 cm³/mol. The summed E-state index contributed by atoms with van der Waals surface area (Å²) >= 11 is 13.1. The highest BCUT2D eigenvalue weighted by atomic mass is 35.5. The second-order valence-electron chi connectivity index (χ2n) is 9.24. The maximum absolute atomic E-state index is 12.9. The summed E-state index contributed by atoms with van der Waals surface area (Å²) in [6.45, 7) is 3.16. The number of benzene rings is 3. The molecule has 1 heterocycles. The van der Waals surface area contributed by atoms with Gasteiger partial charge in [-0.1, -0.05) is 53.5 Å². The fourth-order valence-electron chi connectivity index (χ4n) is 3.99. The average molecular weight is 591 g/mol. The van der Waals surface area contributed by atoms with Gasteiger partial charge in [-0.15, -0.1) is 0 Å². The molecule has 8 nitrogen and oxygen atoms in total. The van der Waals surface area contributed by atoms with E-state index < -0.39 is 5.91 Å². The number of carbonyl (C=O) groups is 3. The smallest absolute Gasteiger partial charge is 0.246 e. The number of fused-ring (bicyclic) bond motifs is 1. The number of ether oxygens (including phenoxy) is 1. The Kier molecular flexibility index (Phi) is 9.60. The van der Waals surface area contributed by atoms with Gasteiger partial charge in [0.15, 0.2) is 0 Å². The number of halogens is 2. The molecule has 0 saturated heterocycles. The first-order valence-corrected chi connectivity index (χ1v) is 13.4. The van der Waals surface area contributed by atoms with E-state index in [1.807, 2.05) is 37.3 Å². The third-order valence-electron chi connectivity index (χ3n) is 6.17. The Hall–Kier alpha value is -4.40. The molecule has 4 rings (SSSR count). The molecule has 0 fully saturated rings. The van der Waals surface area contributed by atoms with Gasteiger partial charge in [0.05, 0.1) is 17.3 Å². The van der Waals surface area contributed by atoms with E-state index in [0.717, 1.165) is 22.2 Å². The Bertz CT molecular complexity index is 1640. The highest BCUT2D eigenvalue weighted by Gasteiger charge is 2.19. The molecule has 210 valence electrons. The number of amides is 3. The number of aryl methyl sites for hydroxylation is 1. The summed E-state index contributed by atoms with van der Waals surface area (Å²) in [5.41, 5.74) is 3.96. The van der Waals surface area contributed by atoms with Gasteiger partial charge in [0.1, 0.15) is 17.9 Å². The Labute approximate surface area is 247 Å². The lowest BCUT2D eigenvalue weighted by Gasteiger charge is -2.21. The zero-order chi connectivity index (χ0) is 29.5. The molecule has 4 aromatic rings. The largest absolute Gasteiger partial charge is 0.487 e. The molecule has 0 aliphatic carbocycles. The summed E-state index contributed by atoms with van der Waals surface area (Å²) in [5.74, 6) is -0.392. The zero-order valence-electron chi connectivity index (χ0n) is 22.7. The zero-order valence-corrected chi connectivity index (χ0v) is 24.2. The fourth-order valence-corrected chi connectivity index (χ4v) is 4.59. The standard InChI is InChI=1S/C31H28Cl2N4O4/c1-19-7-11-22-5-4-6-27(31(22)35-19)41-18-24-25(32)14-15-26(30(24)33)37(3)29(40)17-34-28(39)16-10-21-8-12-23(13-9-21)36-20(2)38/h4-16H,17-18H2,1-3H3,(H,34,39)(H,36,38). The van der Waals surface area contributed by atoms with E-state index in [4.69, 9.17) is 27.9 Å². The molecule has 0 saturated carbocycles. The van der Waals surface area contributed by atoms with Crippen LogP contribution < -0.4 is 20.3 Å². The maximum atomic E-state index is 12.9. The lowest BCUT2D eigenvalue weighted by Crippen LogP contribution is -2.37. The van der Waals surface area contributed by atoms with Gasteiger partial charge in [-0.25, -0.2) is 4.98 Å². The summed E-state index contributed by atoms with van der Waals surface area (Å²) in [6, 6.07) is 19.8. The van der Waals surface area contributed by atoms with Crippen molar-refractivity contribution in [3.05, 3.63) is 99.7 Å². The van der Waals surface area contributed by atoms with E-state index in [9.17, 15) is 14.4 Å². The van der Waals surface area contributed by atoms with E-state index >= 15 is 0 Å². The quantitative estimate of drug-likeness (QED) is 0.227. The molecule has 41 heavy (non-hydrogen) atoms. The fraction of sp³-hybridized carbons (Fsp3) is 0.161. The van der Waals surface area contributed by atoms with E-state index in [2.05, 4.69) is 15.6 Å². The van der Waals surface area contributed by atoms with E-state index in [0.29, 0.717) is 27.7 Å². The van der Waals surface area contributed by atoms with E-state index in [1.165, 1.54) is 17.9 Å². The first-order valence-electron chi connectivity index (χ1n) is 12.7. The van der Waals surface area contributed by atoms with Crippen molar-refractivity contribution in [2.75, 3.05) is 23.8 Å². The van der Waals surface area contributed by atoms with Gasteiger partial charge >= 0.3 is 0 Å². The van der Waals surface area contributed by atoms with Crippen molar-refractivity contribution in [1.82, 2.24) is 10.3 Å². The molecule has 0 unspecified atom stereocenters. The number of rotatable bonds is 9. The molecule has 0 aliphatic heterocycles. The number of hydrogen-bond acceptors (Lipinski definition) is 5. The predicted octanol–water partition coefficient (Wildman–Crippen LogP) is 6.18. The number of carbonyl (C=O) groups excluding carboxylic acids is 3. The molecular weight excluding hydrogens is 563 g/mol. The molecular formula is C31H28Cl2N4O4. The van der Waals surface area contributed by atoms with Crippen LogP contribution in [-0.2, 0) is 21.0 Å². The van der Waals surface area contributed by atoms with Gasteiger partial charge in [0.2, 0.25) is 17.7 Å². The van der Waals surface area contributed by atoms with Gasteiger partial charge in [0.25, 0.3) is 0 Å². The Morgan fingerprint density at radius 3 is 2.49 bits per heavy atom. The molecule has 10 heteroatoms. The molecule has 0 atom stereocenters. The molecule has 0 radical (unpaired) electrons. The number of nitrogens with one attached hydrogen (secondary N) is 2. The van der Waals surface area contributed by atoms with Gasteiger partial charge in [-0.3, -0.25) is 14.4 Å². The average Bonchev–Trinajstić information content (AvgIpc) is 2.95. The third-order valence-corrected chi connectivity index (χ3v) is 6.94. The summed E-state index contributed by atoms with van der Waals surface area (Å²) in [4.78, 5) is 42.2. The monoisotopic (exact) mass is 590 g/mol. The Morgan fingerprint density at radius 2 is 1.76 bits per heavy atom. The lowest BCUT2D eigenvalue weighted by atomic mass is 10.1. The van der Waals surface area contributed by atoms with E-state index in [1.54, 1.807) is 49.5 Å². The second-order valence-corrected chi connectivity index (χ2v) is 10.0. The number of pyridine rings is 1. The Balaban J connectivity index is 1.38. The summed E-state index contributed by atoms with van der Waals surface area (Å²) in [6.07, 6.45) is 2.94. The minimum Gasteiger partial charge on any atom is -0.487 e.